The van der Waals surface area contributed by atoms with E-state index in [-0.39, 0.29) is 6.71 Å². The van der Waals surface area contributed by atoms with Crippen molar-refractivity contribution in [2.24, 2.45) is 0 Å². The Hall–Kier alpha value is -7.96. The Morgan fingerprint density at radius 2 is 0.900 bits per heavy atom. The molecule has 2 aliphatic rings. The molecule has 60 heavy (non-hydrogen) atoms. The van der Waals surface area contributed by atoms with Gasteiger partial charge in [0.25, 0.3) is 0 Å². The summed E-state index contributed by atoms with van der Waals surface area (Å²) in [5, 5.41) is 8.76. The molecule has 0 bridgehead atoms. The smallest absolute Gasteiger partial charge is 0.248 e. The minimum absolute atomic E-state index is 0.0734. The molecule has 0 unspecified atom stereocenters. The molecule has 4 aromatic heterocycles. The molecule has 0 spiro atoms. The van der Waals surface area contributed by atoms with Crippen molar-refractivity contribution in [1.82, 2.24) is 0 Å². The first-order valence-electron chi connectivity index (χ1n) is 20.4. The average molecular weight is 766 g/mol. The second-order valence-corrected chi connectivity index (χ2v) is 16.3. The number of benzene rings is 9. The first-order valence-corrected chi connectivity index (χ1v) is 20.4. The quantitative estimate of drug-likeness (QED) is 0.164. The maximum absolute atomic E-state index is 6.99. The van der Waals surface area contributed by atoms with Gasteiger partial charge in [-0.2, -0.15) is 0 Å². The molecule has 2 aliphatic heterocycles. The summed E-state index contributed by atoms with van der Waals surface area (Å²) >= 11 is 0. The summed E-state index contributed by atoms with van der Waals surface area (Å²) in [5.74, 6) is 0. The van der Waals surface area contributed by atoms with E-state index in [2.05, 4.69) is 144 Å². The van der Waals surface area contributed by atoms with E-state index in [1.807, 2.05) is 30.3 Å². The van der Waals surface area contributed by atoms with Crippen LogP contribution in [0.4, 0.5) is 17.1 Å². The number of anilines is 3. The minimum Gasteiger partial charge on any atom is -0.456 e. The summed E-state index contributed by atoms with van der Waals surface area (Å²) in [6, 6.07) is 60.3. The molecular formula is C54H28BNO4. The number of rotatable bonds is 2. The lowest BCUT2D eigenvalue weighted by atomic mass is 9.37. The number of para-hydroxylation sites is 5. The Morgan fingerprint density at radius 1 is 0.350 bits per heavy atom. The van der Waals surface area contributed by atoms with Crippen molar-refractivity contribution in [2.45, 2.75) is 0 Å². The zero-order valence-electron chi connectivity index (χ0n) is 31.8. The highest BCUT2D eigenvalue weighted by Gasteiger charge is 2.46. The second kappa shape index (κ2) is 11.0. The predicted octanol–water partition coefficient (Wildman–Crippen LogP) is 13.2. The van der Waals surface area contributed by atoms with E-state index in [1.165, 1.54) is 22.0 Å². The van der Waals surface area contributed by atoms with E-state index in [0.717, 1.165) is 122 Å². The molecule has 9 aromatic carbocycles. The van der Waals surface area contributed by atoms with Crippen molar-refractivity contribution >= 4 is 128 Å². The van der Waals surface area contributed by atoms with Crippen LogP contribution in [-0.4, -0.2) is 6.71 Å². The van der Waals surface area contributed by atoms with Gasteiger partial charge < -0.3 is 22.6 Å². The molecule has 6 heteroatoms. The van der Waals surface area contributed by atoms with Gasteiger partial charge in [-0.1, -0.05) is 121 Å². The van der Waals surface area contributed by atoms with Crippen LogP contribution in [0.25, 0.3) is 110 Å². The van der Waals surface area contributed by atoms with Crippen LogP contribution in [0.15, 0.2) is 188 Å². The number of nitrogens with zero attached hydrogens (tertiary/aromatic N) is 1. The van der Waals surface area contributed by atoms with Gasteiger partial charge in [-0.05, 0) is 82.2 Å². The molecule has 6 heterocycles. The summed E-state index contributed by atoms with van der Waals surface area (Å²) < 4.78 is 27.1. The van der Waals surface area contributed by atoms with Crippen molar-refractivity contribution in [2.75, 3.05) is 4.90 Å². The molecule has 13 aromatic rings. The van der Waals surface area contributed by atoms with Gasteiger partial charge in [0.15, 0.2) is 11.2 Å². The Kier molecular flexibility index (Phi) is 5.67. The largest absolute Gasteiger partial charge is 0.456 e. The zero-order chi connectivity index (χ0) is 38.8. The number of fused-ring (bicyclic) bond motifs is 19. The SMILES string of the molecule is c1ccc2c(c1)oc1ccc(-c3cc4c5c(c3)N(c3cccc6c3oc3ccccc36)c3c(ccc6c3oc3ccccc36)B5c3ccc5c(oc6ccccc65)c3-4)cc12. The Bertz CT molecular complexity index is 4050. The van der Waals surface area contributed by atoms with Crippen molar-refractivity contribution < 1.29 is 17.7 Å². The van der Waals surface area contributed by atoms with Crippen LogP contribution in [0.2, 0.25) is 0 Å². The van der Waals surface area contributed by atoms with E-state index in [4.69, 9.17) is 17.7 Å². The molecule has 0 saturated heterocycles. The standard InChI is InChI=1S/C54H28BNO4/c1-6-17-45-31(10-1)35-14-9-15-42(52(35)58-45)56-43-28-30(29-20-25-48-38(26-29)34-13-4-5-16-44(34)57-48)27-39-49-40(23-21-36-32-11-2-7-18-46(32)59-53(36)49)55(50(39)43)41-24-22-37-33-12-3-8-19-47(33)60-54(37)51(41)56/h1-28H. The molecule has 0 fully saturated rings. The normalized spacial score (nSPS) is 13.3. The van der Waals surface area contributed by atoms with E-state index < -0.39 is 0 Å². The molecule has 0 aliphatic carbocycles. The maximum atomic E-state index is 6.99. The van der Waals surface area contributed by atoms with Gasteiger partial charge in [0.2, 0.25) is 6.71 Å². The highest BCUT2D eigenvalue weighted by atomic mass is 16.3. The first kappa shape index (κ1) is 31.1. The maximum Gasteiger partial charge on any atom is 0.248 e. The van der Waals surface area contributed by atoms with E-state index in [9.17, 15) is 0 Å². The first-order chi connectivity index (χ1) is 29.7. The lowest BCUT2D eigenvalue weighted by Gasteiger charge is -2.36. The van der Waals surface area contributed by atoms with Crippen LogP contribution in [-0.2, 0) is 0 Å². The number of furan rings is 4. The van der Waals surface area contributed by atoms with Crippen molar-refractivity contribution in [3.8, 4) is 22.3 Å². The van der Waals surface area contributed by atoms with E-state index in [0.29, 0.717) is 0 Å². The average Bonchev–Trinajstić information content (AvgIpc) is 4.12. The molecule has 15 rings (SSSR count). The van der Waals surface area contributed by atoms with Crippen LogP contribution < -0.4 is 21.3 Å². The highest BCUT2D eigenvalue weighted by molar-refractivity contribution is 7.02. The molecule has 276 valence electrons. The fourth-order valence-corrected chi connectivity index (χ4v) is 10.7. The topological polar surface area (TPSA) is 55.8 Å². The summed E-state index contributed by atoms with van der Waals surface area (Å²) in [4.78, 5) is 2.43. The Labute approximate surface area is 341 Å². The summed E-state index contributed by atoms with van der Waals surface area (Å²) in [6.07, 6.45) is 0. The van der Waals surface area contributed by atoms with Gasteiger partial charge in [0.05, 0.1) is 11.4 Å². The third kappa shape index (κ3) is 3.84. The van der Waals surface area contributed by atoms with Gasteiger partial charge in [0, 0.05) is 54.3 Å². The molecule has 0 amide bonds. The Balaban J connectivity index is 1.12. The Morgan fingerprint density at radius 3 is 1.62 bits per heavy atom. The van der Waals surface area contributed by atoms with Crippen LogP contribution in [0.3, 0.4) is 0 Å². The summed E-state index contributed by atoms with van der Waals surface area (Å²) in [6.45, 7) is -0.0734. The van der Waals surface area contributed by atoms with Crippen LogP contribution in [0, 0.1) is 0 Å². The molecule has 0 N–H and O–H groups in total. The van der Waals surface area contributed by atoms with Crippen LogP contribution in [0.1, 0.15) is 0 Å². The van der Waals surface area contributed by atoms with E-state index in [1.54, 1.807) is 0 Å². The fraction of sp³-hybridized carbons (Fsp3) is 0. The summed E-state index contributed by atoms with van der Waals surface area (Å²) in [7, 11) is 0. The molecule has 0 radical (unpaired) electrons. The molecule has 0 atom stereocenters. The summed E-state index contributed by atoms with van der Waals surface area (Å²) in [5.41, 5.74) is 18.2. The lowest BCUT2D eigenvalue weighted by Crippen LogP contribution is -2.54. The monoisotopic (exact) mass is 765 g/mol. The fourth-order valence-electron chi connectivity index (χ4n) is 10.7. The molecular weight excluding hydrogens is 737 g/mol. The van der Waals surface area contributed by atoms with E-state index >= 15 is 0 Å². The van der Waals surface area contributed by atoms with Crippen molar-refractivity contribution in [1.29, 1.82) is 0 Å². The minimum atomic E-state index is -0.0734. The number of hydrogen-bond donors (Lipinski definition) is 0. The van der Waals surface area contributed by atoms with Crippen LogP contribution >= 0.6 is 0 Å². The van der Waals surface area contributed by atoms with Crippen molar-refractivity contribution in [3.63, 3.8) is 0 Å². The molecule has 0 saturated carbocycles. The van der Waals surface area contributed by atoms with Gasteiger partial charge in [-0.25, -0.2) is 0 Å². The van der Waals surface area contributed by atoms with Crippen molar-refractivity contribution in [3.05, 3.63) is 170 Å². The van der Waals surface area contributed by atoms with Gasteiger partial charge >= 0.3 is 0 Å². The zero-order valence-corrected chi connectivity index (χ0v) is 31.8. The third-order valence-electron chi connectivity index (χ3n) is 13.3. The van der Waals surface area contributed by atoms with Crippen LogP contribution in [0.5, 0.6) is 0 Å². The highest BCUT2D eigenvalue weighted by Crippen LogP contribution is 2.50. The van der Waals surface area contributed by atoms with Gasteiger partial charge in [0.1, 0.15) is 33.5 Å². The van der Waals surface area contributed by atoms with Gasteiger partial charge in [-0.3, -0.25) is 0 Å². The van der Waals surface area contributed by atoms with Gasteiger partial charge in [-0.15, -0.1) is 0 Å². The predicted molar refractivity (Wildman–Crippen MR) is 246 cm³/mol. The third-order valence-corrected chi connectivity index (χ3v) is 13.3. The molecule has 5 nitrogen and oxygen atoms in total. The lowest BCUT2D eigenvalue weighted by molar-refractivity contribution is 0.666. The second-order valence-electron chi connectivity index (χ2n) is 16.3. The number of hydrogen-bond acceptors (Lipinski definition) is 5.